The molecule has 0 atom stereocenters. The minimum absolute atomic E-state index is 0.265. The van der Waals surface area contributed by atoms with E-state index < -0.39 is 0 Å². The standard InChI is InChI=1S/C21H18FN5/c1-27-14-18(13-24-27)17-4-2-3-15(11-17)12-23-21-10-9-20(25-26-21)16-5-7-19(22)8-6-16/h2-11,13-14H,12H2,1H3,(H,23,26). The van der Waals surface area contributed by atoms with Crippen LogP contribution in [0.2, 0.25) is 0 Å². The smallest absolute Gasteiger partial charge is 0.148 e. The van der Waals surface area contributed by atoms with Crippen LogP contribution in [-0.2, 0) is 13.6 Å². The van der Waals surface area contributed by atoms with Gasteiger partial charge in [0.1, 0.15) is 11.6 Å². The van der Waals surface area contributed by atoms with E-state index in [9.17, 15) is 4.39 Å². The Balaban J connectivity index is 1.43. The Morgan fingerprint density at radius 1 is 0.926 bits per heavy atom. The van der Waals surface area contributed by atoms with Crippen molar-refractivity contribution < 1.29 is 4.39 Å². The number of anilines is 1. The third-order valence-electron chi connectivity index (χ3n) is 4.24. The van der Waals surface area contributed by atoms with E-state index in [4.69, 9.17) is 0 Å². The van der Waals surface area contributed by atoms with Crippen LogP contribution in [0, 0.1) is 5.82 Å². The average molecular weight is 359 g/mol. The molecule has 1 N–H and O–H groups in total. The summed E-state index contributed by atoms with van der Waals surface area (Å²) in [6.45, 7) is 0.638. The molecule has 0 aliphatic rings. The predicted octanol–water partition coefficient (Wildman–Crippen LogP) is 4.30. The number of rotatable bonds is 5. The van der Waals surface area contributed by atoms with Gasteiger partial charge in [-0.3, -0.25) is 4.68 Å². The number of hydrogen-bond donors (Lipinski definition) is 1. The van der Waals surface area contributed by atoms with Crippen molar-refractivity contribution in [1.82, 2.24) is 20.0 Å². The van der Waals surface area contributed by atoms with E-state index in [0.717, 1.165) is 22.3 Å². The van der Waals surface area contributed by atoms with E-state index in [1.807, 2.05) is 37.6 Å². The third kappa shape index (κ3) is 4.00. The van der Waals surface area contributed by atoms with Crippen LogP contribution in [0.15, 0.2) is 73.1 Å². The van der Waals surface area contributed by atoms with Gasteiger partial charge in [0.15, 0.2) is 0 Å². The second-order valence-corrected chi connectivity index (χ2v) is 6.27. The monoisotopic (exact) mass is 359 g/mol. The second-order valence-electron chi connectivity index (χ2n) is 6.27. The number of nitrogens with zero attached hydrogens (tertiary/aromatic N) is 4. The lowest BCUT2D eigenvalue weighted by Gasteiger charge is -2.07. The molecular formula is C21H18FN5. The molecule has 4 aromatic rings. The first-order chi connectivity index (χ1) is 13.2. The minimum Gasteiger partial charge on any atom is -0.365 e. The molecule has 27 heavy (non-hydrogen) atoms. The maximum atomic E-state index is 13.0. The van der Waals surface area contributed by atoms with Crippen molar-refractivity contribution in [3.05, 3.63) is 84.4 Å². The maximum Gasteiger partial charge on any atom is 0.148 e. The van der Waals surface area contributed by atoms with Gasteiger partial charge < -0.3 is 5.32 Å². The molecule has 2 aromatic heterocycles. The highest BCUT2D eigenvalue weighted by molar-refractivity contribution is 5.63. The Kier molecular flexibility index (Phi) is 4.61. The Morgan fingerprint density at radius 3 is 2.48 bits per heavy atom. The fourth-order valence-electron chi connectivity index (χ4n) is 2.82. The van der Waals surface area contributed by atoms with Crippen molar-refractivity contribution >= 4 is 5.82 Å². The molecule has 5 nitrogen and oxygen atoms in total. The fourth-order valence-corrected chi connectivity index (χ4v) is 2.82. The highest BCUT2D eigenvalue weighted by Crippen LogP contribution is 2.21. The van der Waals surface area contributed by atoms with Crippen molar-refractivity contribution in [3.8, 4) is 22.4 Å². The summed E-state index contributed by atoms with van der Waals surface area (Å²) in [4.78, 5) is 0. The summed E-state index contributed by atoms with van der Waals surface area (Å²) in [7, 11) is 1.91. The van der Waals surface area contributed by atoms with Gasteiger partial charge in [0.25, 0.3) is 0 Å². The van der Waals surface area contributed by atoms with Gasteiger partial charge in [-0.1, -0.05) is 18.2 Å². The van der Waals surface area contributed by atoms with E-state index in [-0.39, 0.29) is 5.82 Å². The third-order valence-corrected chi connectivity index (χ3v) is 4.24. The Labute approximate surface area is 156 Å². The summed E-state index contributed by atoms with van der Waals surface area (Å²) < 4.78 is 14.8. The summed E-state index contributed by atoms with van der Waals surface area (Å²) in [5.74, 6) is 0.422. The first-order valence-electron chi connectivity index (χ1n) is 8.59. The Hall–Kier alpha value is -3.54. The van der Waals surface area contributed by atoms with Crippen molar-refractivity contribution in [2.75, 3.05) is 5.32 Å². The first-order valence-corrected chi connectivity index (χ1v) is 8.59. The number of hydrogen-bond acceptors (Lipinski definition) is 4. The molecule has 6 heteroatoms. The SMILES string of the molecule is Cn1cc(-c2cccc(CNc3ccc(-c4ccc(F)cc4)nn3)c2)cn1. The normalized spacial score (nSPS) is 10.7. The van der Waals surface area contributed by atoms with Crippen LogP contribution in [-0.4, -0.2) is 20.0 Å². The zero-order valence-electron chi connectivity index (χ0n) is 14.8. The summed E-state index contributed by atoms with van der Waals surface area (Å²) in [6, 6.07) is 18.2. The molecule has 0 saturated carbocycles. The predicted molar refractivity (Wildman–Crippen MR) is 103 cm³/mol. The van der Waals surface area contributed by atoms with Crippen molar-refractivity contribution in [3.63, 3.8) is 0 Å². The Morgan fingerprint density at radius 2 is 1.78 bits per heavy atom. The highest BCUT2D eigenvalue weighted by atomic mass is 19.1. The maximum absolute atomic E-state index is 13.0. The van der Waals surface area contributed by atoms with Crippen LogP contribution >= 0.6 is 0 Å². The van der Waals surface area contributed by atoms with E-state index >= 15 is 0 Å². The molecule has 0 bridgehead atoms. The van der Waals surface area contributed by atoms with Gasteiger partial charge in [-0.25, -0.2) is 4.39 Å². The molecular weight excluding hydrogens is 341 g/mol. The Bertz CT molecular complexity index is 1040. The average Bonchev–Trinajstić information content (AvgIpc) is 3.14. The summed E-state index contributed by atoms with van der Waals surface area (Å²) in [5.41, 5.74) is 4.89. The number of benzene rings is 2. The molecule has 0 amide bonds. The molecule has 4 rings (SSSR count). The topological polar surface area (TPSA) is 55.6 Å². The van der Waals surface area contributed by atoms with Gasteiger partial charge in [-0.05, 0) is 53.6 Å². The van der Waals surface area contributed by atoms with Crippen LogP contribution in [0.1, 0.15) is 5.56 Å². The van der Waals surface area contributed by atoms with Gasteiger partial charge in [-0.15, -0.1) is 10.2 Å². The van der Waals surface area contributed by atoms with Gasteiger partial charge in [0.2, 0.25) is 0 Å². The molecule has 0 radical (unpaired) electrons. The van der Waals surface area contributed by atoms with Gasteiger partial charge in [0.05, 0.1) is 11.9 Å². The lowest BCUT2D eigenvalue weighted by atomic mass is 10.1. The molecule has 2 heterocycles. The number of aryl methyl sites for hydroxylation is 1. The largest absolute Gasteiger partial charge is 0.365 e. The van der Waals surface area contributed by atoms with Crippen molar-refractivity contribution in [1.29, 1.82) is 0 Å². The van der Waals surface area contributed by atoms with Gasteiger partial charge in [0, 0.05) is 30.9 Å². The molecule has 0 saturated heterocycles. The molecule has 0 aliphatic heterocycles. The van der Waals surface area contributed by atoms with E-state index in [2.05, 4.69) is 38.8 Å². The first kappa shape index (κ1) is 16.9. The van der Waals surface area contributed by atoms with Crippen LogP contribution in [0.3, 0.4) is 0 Å². The van der Waals surface area contributed by atoms with E-state index in [0.29, 0.717) is 18.1 Å². The van der Waals surface area contributed by atoms with E-state index in [1.165, 1.54) is 12.1 Å². The van der Waals surface area contributed by atoms with Crippen LogP contribution in [0.4, 0.5) is 10.2 Å². The molecule has 0 aliphatic carbocycles. The van der Waals surface area contributed by atoms with Crippen LogP contribution < -0.4 is 5.32 Å². The highest BCUT2D eigenvalue weighted by Gasteiger charge is 2.04. The number of halogens is 1. The quantitative estimate of drug-likeness (QED) is 0.577. The molecule has 134 valence electrons. The fraction of sp³-hybridized carbons (Fsp3) is 0.0952. The minimum atomic E-state index is -0.265. The van der Waals surface area contributed by atoms with Crippen LogP contribution in [0.5, 0.6) is 0 Å². The zero-order chi connectivity index (χ0) is 18.6. The summed E-state index contributed by atoms with van der Waals surface area (Å²) in [6.07, 6.45) is 3.85. The van der Waals surface area contributed by atoms with Crippen molar-refractivity contribution in [2.24, 2.45) is 7.05 Å². The van der Waals surface area contributed by atoms with Gasteiger partial charge >= 0.3 is 0 Å². The number of aromatic nitrogens is 4. The van der Waals surface area contributed by atoms with Crippen LogP contribution in [0.25, 0.3) is 22.4 Å². The number of nitrogens with one attached hydrogen (secondary N) is 1. The van der Waals surface area contributed by atoms with Crippen molar-refractivity contribution in [2.45, 2.75) is 6.54 Å². The molecule has 0 unspecified atom stereocenters. The second kappa shape index (κ2) is 7.37. The molecule has 0 spiro atoms. The van der Waals surface area contributed by atoms with E-state index in [1.54, 1.807) is 16.8 Å². The lowest BCUT2D eigenvalue weighted by molar-refractivity contribution is 0.628. The van der Waals surface area contributed by atoms with Gasteiger partial charge in [-0.2, -0.15) is 5.10 Å². The zero-order valence-corrected chi connectivity index (χ0v) is 14.8. The molecule has 2 aromatic carbocycles. The lowest BCUT2D eigenvalue weighted by Crippen LogP contribution is -2.02. The summed E-state index contributed by atoms with van der Waals surface area (Å²) >= 11 is 0. The molecule has 0 fully saturated rings. The summed E-state index contributed by atoms with van der Waals surface area (Å²) in [5, 5.41) is 15.9.